The summed E-state index contributed by atoms with van der Waals surface area (Å²) in [5.41, 5.74) is 2.31. The molecule has 0 radical (unpaired) electrons. The number of halogens is 1. The summed E-state index contributed by atoms with van der Waals surface area (Å²) in [5, 5.41) is 0.694. The summed E-state index contributed by atoms with van der Waals surface area (Å²) in [4.78, 5) is 26.3. The van der Waals surface area contributed by atoms with Gasteiger partial charge in [0.2, 0.25) is 11.8 Å². The van der Waals surface area contributed by atoms with Crippen LogP contribution in [0.1, 0.15) is 25.3 Å². The highest BCUT2D eigenvalue weighted by atomic mass is 35.5. The number of hydrogen-bond donors (Lipinski definition) is 0. The first-order valence-electron chi connectivity index (χ1n) is 7.31. The van der Waals surface area contributed by atoms with E-state index in [1.165, 1.54) is 10.5 Å². The van der Waals surface area contributed by atoms with E-state index in [-0.39, 0.29) is 23.7 Å². The number of amides is 2. The lowest BCUT2D eigenvalue weighted by Gasteiger charge is -2.19. The Hall–Kier alpha value is -1.61. The fraction of sp³-hybridized carbons (Fsp3) is 0.412. The smallest absolute Gasteiger partial charge is 0.233 e. The third-order valence-electron chi connectivity index (χ3n) is 4.45. The topological polar surface area (TPSA) is 37.4 Å². The van der Waals surface area contributed by atoms with Crippen LogP contribution in [-0.4, -0.2) is 23.3 Å². The van der Waals surface area contributed by atoms with Crippen LogP contribution >= 0.6 is 11.6 Å². The molecule has 0 N–H and O–H groups in total. The predicted octanol–water partition coefficient (Wildman–Crippen LogP) is 3.22. The van der Waals surface area contributed by atoms with Gasteiger partial charge in [-0.05, 0) is 43.9 Å². The number of rotatable bonds is 3. The van der Waals surface area contributed by atoms with Crippen molar-refractivity contribution in [1.29, 1.82) is 0 Å². The molecule has 4 heteroatoms. The minimum Gasteiger partial charge on any atom is -0.282 e. The number of hydrogen-bond acceptors (Lipinski definition) is 2. The molecule has 0 bridgehead atoms. The highest BCUT2D eigenvalue weighted by molar-refractivity contribution is 6.30. The molecule has 0 aromatic heterocycles. The summed E-state index contributed by atoms with van der Waals surface area (Å²) in [6.45, 7) is 2.50. The first kappa shape index (κ1) is 14.3. The zero-order chi connectivity index (χ0) is 15.0. The molecule has 3 rings (SSSR count). The summed E-state index contributed by atoms with van der Waals surface area (Å²) in [6.07, 6.45) is 4.21. The average molecular weight is 304 g/mol. The zero-order valence-corrected chi connectivity index (χ0v) is 12.8. The van der Waals surface area contributed by atoms with Crippen LogP contribution in [0.15, 0.2) is 35.9 Å². The number of benzene rings is 1. The van der Waals surface area contributed by atoms with Crippen LogP contribution < -0.4 is 0 Å². The van der Waals surface area contributed by atoms with Crippen molar-refractivity contribution in [3.05, 3.63) is 46.5 Å². The van der Waals surface area contributed by atoms with Gasteiger partial charge in [0, 0.05) is 11.6 Å². The first-order valence-corrected chi connectivity index (χ1v) is 7.69. The van der Waals surface area contributed by atoms with E-state index in [1.54, 1.807) is 0 Å². The van der Waals surface area contributed by atoms with E-state index in [4.69, 9.17) is 11.6 Å². The number of allylic oxidation sites excluding steroid dienone is 2. The third kappa shape index (κ3) is 2.75. The molecular weight excluding hydrogens is 286 g/mol. The molecule has 1 heterocycles. The van der Waals surface area contributed by atoms with Crippen molar-refractivity contribution in [3.63, 3.8) is 0 Å². The van der Waals surface area contributed by atoms with E-state index in [1.807, 2.05) is 31.2 Å². The molecule has 0 spiro atoms. The maximum atomic E-state index is 12.4. The molecule has 1 fully saturated rings. The molecule has 1 aliphatic carbocycles. The van der Waals surface area contributed by atoms with Crippen LogP contribution in [0.5, 0.6) is 0 Å². The molecule has 3 nitrogen and oxygen atoms in total. The summed E-state index contributed by atoms with van der Waals surface area (Å²) in [7, 11) is 0. The minimum atomic E-state index is -0.133. The van der Waals surface area contributed by atoms with Crippen LogP contribution in [0.4, 0.5) is 0 Å². The summed E-state index contributed by atoms with van der Waals surface area (Å²) in [5.74, 6) is -0.256. The van der Waals surface area contributed by atoms with Gasteiger partial charge in [0.25, 0.3) is 0 Å². The van der Waals surface area contributed by atoms with Crippen molar-refractivity contribution in [1.82, 2.24) is 4.90 Å². The minimum absolute atomic E-state index is 0.00251. The molecule has 1 saturated heterocycles. The van der Waals surface area contributed by atoms with Crippen molar-refractivity contribution in [2.45, 2.75) is 26.2 Å². The third-order valence-corrected chi connectivity index (χ3v) is 4.70. The second kappa shape index (κ2) is 5.64. The second-order valence-electron chi connectivity index (χ2n) is 5.91. The maximum absolute atomic E-state index is 12.4. The molecule has 0 unspecified atom stereocenters. The Morgan fingerprint density at radius 1 is 1.14 bits per heavy atom. The SMILES string of the molecule is CC1=CC[C@@H]2C(=O)N(CCc3ccc(Cl)cc3)C(=O)[C@@H]2C1. The summed E-state index contributed by atoms with van der Waals surface area (Å²) >= 11 is 5.86. The number of carbonyl (C=O) groups excluding carboxylic acids is 2. The van der Waals surface area contributed by atoms with Crippen LogP contribution in [0.25, 0.3) is 0 Å². The second-order valence-corrected chi connectivity index (χ2v) is 6.34. The van der Waals surface area contributed by atoms with Crippen LogP contribution in [0, 0.1) is 11.8 Å². The van der Waals surface area contributed by atoms with Crippen LogP contribution in [0.2, 0.25) is 5.02 Å². The Bertz CT molecular complexity index is 606. The lowest BCUT2D eigenvalue weighted by molar-refractivity contribution is -0.139. The van der Waals surface area contributed by atoms with Crippen molar-refractivity contribution in [3.8, 4) is 0 Å². The Labute approximate surface area is 129 Å². The fourth-order valence-electron chi connectivity index (χ4n) is 3.22. The Kier molecular flexibility index (Phi) is 3.85. The Morgan fingerprint density at radius 2 is 1.81 bits per heavy atom. The van der Waals surface area contributed by atoms with Crippen molar-refractivity contribution < 1.29 is 9.59 Å². The first-order chi connectivity index (χ1) is 10.1. The van der Waals surface area contributed by atoms with Crippen LogP contribution in [-0.2, 0) is 16.0 Å². The van der Waals surface area contributed by atoms with E-state index in [0.717, 1.165) is 12.0 Å². The highest BCUT2D eigenvalue weighted by Crippen LogP contribution is 2.37. The van der Waals surface area contributed by atoms with Gasteiger partial charge in [0.15, 0.2) is 0 Å². The van der Waals surface area contributed by atoms with Gasteiger partial charge in [0.05, 0.1) is 11.8 Å². The van der Waals surface area contributed by atoms with Gasteiger partial charge in [0.1, 0.15) is 0 Å². The largest absolute Gasteiger partial charge is 0.282 e. The monoisotopic (exact) mass is 303 g/mol. The number of imide groups is 1. The van der Waals surface area contributed by atoms with E-state index < -0.39 is 0 Å². The molecule has 0 saturated carbocycles. The number of likely N-dealkylation sites (tertiary alicyclic amines) is 1. The molecule has 1 aromatic carbocycles. The zero-order valence-electron chi connectivity index (χ0n) is 12.0. The quantitative estimate of drug-likeness (QED) is 0.635. The number of fused-ring (bicyclic) bond motifs is 1. The van der Waals surface area contributed by atoms with Gasteiger partial charge in [-0.25, -0.2) is 0 Å². The van der Waals surface area contributed by atoms with E-state index in [9.17, 15) is 9.59 Å². The molecular formula is C17H18ClNO2. The molecule has 2 aliphatic rings. The Morgan fingerprint density at radius 3 is 2.52 bits per heavy atom. The molecule has 2 atom stereocenters. The molecule has 110 valence electrons. The van der Waals surface area contributed by atoms with Crippen LogP contribution in [0.3, 0.4) is 0 Å². The Balaban J connectivity index is 1.68. The normalized spacial score (nSPS) is 25.0. The number of nitrogens with zero attached hydrogens (tertiary/aromatic N) is 1. The lowest BCUT2D eigenvalue weighted by Crippen LogP contribution is -2.33. The van der Waals surface area contributed by atoms with E-state index >= 15 is 0 Å². The van der Waals surface area contributed by atoms with Gasteiger partial charge >= 0.3 is 0 Å². The highest BCUT2D eigenvalue weighted by Gasteiger charge is 2.47. The number of carbonyl (C=O) groups is 2. The van der Waals surface area contributed by atoms with Crippen molar-refractivity contribution in [2.75, 3.05) is 6.54 Å². The lowest BCUT2D eigenvalue weighted by atomic mass is 9.82. The molecule has 1 aliphatic heterocycles. The summed E-state index contributed by atoms with van der Waals surface area (Å²) in [6, 6.07) is 7.54. The molecule has 1 aromatic rings. The fourth-order valence-corrected chi connectivity index (χ4v) is 3.34. The maximum Gasteiger partial charge on any atom is 0.233 e. The van der Waals surface area contributed by atoms with Gasteiger partial charge in [-0.2, -0.15) is 0 Å². The molecule has 2 amide bonds. The standard InChI is InChI=1S/C17H18ClNO2/c1-11-2-7-14-15(10-11)17(21)19(16(14)20)9-8-12-3-5-13(18)6-4-12/h2-6,14-15H,7-10H2,1H3/t14-,15+/m0/s1. The van der Waals surface area contributed by atoms with Gasteiger partial charge in [-0.3, -0.25) is 14.5 Å². The average Bonchev–Trinajstić information content (AvgIpc) is 2.70. The van der Waals surface area contributed by atoms with Gasteiger partial charge in [-0.15, -0.1) is 0 Å². The van der Waals surface area contributed by atoms with Crippen molar-refractivity contribution in [2.24, 2.45) is 11.8 Å². The van der Waals surface area contributed by atoms with Gasteiger partial charge in [-0.1, -0.05) is 35.4 Å². The predicted molar refractivity (Wildman–Crippen MR) is 81.8 cm³/mol. The van der Waals surface area contributed by atoms with Gasteiger partial charge < -0.3 is 0 Å². The van der Waals surface area contributed by atoms with E-state index in [2.05, 4.69) is 6.08 Å². The van der Waals surface area contributed by atoms with Crippen molar-refractivity contribution >= 4 is 23.4 Å². The molecule has 21 heavy (non-hydrogen) atoms. The van der Waals surface area contributed by atoms with E-state index in [0.29, 0.717) is 24.4 Å². The summed E-state index contributed by atoms with van der Waals surface area (Å²) < 4.78 is 0.